The molecule has 26 heavy (non-hydrogen) atoms. The maximum Gasteiger partial charge on any atom is 0.341 e. The first-order valence-electron chi connectivity index (χ1n) is 8.18. The Kier molecular flexibility index (Phi) is 7.11. The van der Waals surface area contributed by atoms with Crippen molar-refractivity contribution in [2.24, 2.45) is 0 Å². The third-order valence-electron chi connectivity index (χ3n) is 3.64. The molecule has 1 atom stereocenters. The Balaban J connectivity index is 1.94. The predicted molar refractivity (Wildman–Crippen MR) is 95.1 cm³/mol. The molecule has 2 aromatic rings. The number of halogens is 1. The van der Waals surface area contributed by atoms with E-state index in [0.29, 0.717) is 11.3 Å². The van der Waals surface area contributed by atoms with E-state index in [2.05, 4.69) is 10.6 Å². The van der Waals surface area contributed by atoms with Gasteiger partial charge in [0.2, 0.25) is 0 Å². The van der Waals surface area contributed by atoms with Gasteiger partial charge in [-0.15, -0.1) is 0 Å². The normalized spacial score (nSPS) is 11.5. The highest BCUT2D eigenvalue weighted by Gasteiger charge is 2.20. The molecule has 0 aliphatic carbocycles. The minimum absolute atomic E-state index is 0.00202. The summed E-state index contributed by atoms with van der Waals surface area (Å²) in [4.78, 5) is 24.4. The average molecular weight is 360 g/mol. The van der Waals surface area contributed by atoms with Gasteiger partial charge in [-0.25, -0.2) is 9.18 Å². The van der Waals surface area contributed by atoms with Crippen LogP contribution < -0.4 is 10.6 Å². The summed E-state index contributed by atoms with van der Waals surface area (Å²) in [6.07, 6.45) is -1.04. The number of carbonyl (C=O) groups excluding carboxylic acids is 2. The second-order valence-corrected chi connectivity index (χ2v) is 5.55. The molecule has 0 spiro atoms. The summed E-state index contributed by atoms with van der Waals surface area (Å²) in [5.74, 6) is -1.61. The van der Waals surface area contributed by atoms with Gasteiger partial charge in [0, 0.05) is 24.3 Å². The summed E-state index contributed by atoms with van der Waals surface area (Å²) in [6, 6.07) is 12.8. The van der Waals surface area contributed by atoms with E-state index in [1.165, 1.54) is 13.0 Å². The zero-order valence-electron chi connectivity index (χ0n) is 14.4. The minimum Gasteiger partial charge on any atom is -0.449 e. The Morgan fingerprint density at radius 2 is 1.85 bits per heavy atom. The highest BCUT2D eigenvalue weighted by Crippen LogP contribution is 2.16. The van der Waals surface area contributed by atoms with Crippen molar-refractivity contribution in [2.75, 3.05) is 18.5 Å². The Hall–Kier alpha value is -2.93. The molecule has 0 aliphatic heterocycles. The molecule has 138 valence electrons. The molecule has 0 aliphatic rings. The molecular weight excluding hydrogens is 339 g/mol. The lowest BCUT2D eigenvalue weighted by molar-refractivity contribution is -0.129. The van der Waals surface area contributed by atoms with Crippen molar-refractivity contribution in [1.29, 1.82) is 0 Å². The number of benzene rings is 2. The number of aliphatic hydroxyl groups is 1. The number of hydrogen-bond acceptors (Lipinski definition) is 5. The fourth-order valence-electron chi connectivity index (χ4n) is 2.25. The smallest absolute Gasteiger partial charge is 0.341 e. The van der Waals surface area contributed by atoms with Crippen molar-refractivity contribution in [3.8, 4) is 0 Å². The summed E-state index contributed by atoms with van der Waals surface area (Å²) in [5, 5.41) is 14.3. The molecule has 2 rings (SSSR count). The zero-order valence-corrected chi connectivity index (χ0v) is 14.4. The van der Waals surface area contributed by atoms with Crippen LogP contribution in [-0.4, -0.2) is 36.2 Å². The largest absolute Gasteiger partial charge is 0.449 e. The molecule has 1 amide bonds. The first-order valence-corrected chi connectivity index (χ1v) is 8.18. The molecule has 0 radical (unpaired) electrons. The maximum absolute atomic E-state index is 13.6. The van der Waals surface area contributed by atoms with Gasteiger partial charge in [-0.1, -0.05) is 30.3 Å². The molecule has 3 N–H and O–H groups in total. The Morgan fingerprint density at radius 1 is 1.15 bits per heavy atom. The van der Waals surface area contributed by atoms with Crippen LogP contribution in [-0.2, 0) is 16.1 Å². The van der Waals surface area contributed by atoms with Gasteiger partial charge in [0.05, 0.1) is 12.2 Å². The number of rotatable bonds is 8. The van der Waals surface area contributed by atoms with Crippen molar-refractivity contribution in [3.63, 3.8) is 0 Å². The quantitative estimate of drug-likeness (QED) is 0.628. The van der Waals surface area contributed by atoms with Gasteiger partial charge >= 0.3 is 5.97 Å². The zero-order chi connectivity index (χ0) is 18.9. The molecule has 6 nitrogen and oxygen atoms in total. The highest BCUT2D eigenvalue weighted by molar-refractivity contribution is 5.97. The number of nitrogens with one attached hydrogen (secondary N) is 2. The third kappa shape index (κ3) is 5.29. The summed E-state index contributed by atoms with van der Waals surface area (Å²) in [6.45, 7) is 1.64. The van der Waals surface area contributed by atoms with E-state index in [4.69, 9.17) is 9.84 Å². The number of anilines is 1. The van der Waals surface area contributed by atoms with E-state index >= 15 is 0 Å². The Morgan fingerprint density at radius 3 is 2.58 bits per heavy atom. The standard InChI is InChI=1S/C19H21FN2O4/c1-13(18(24)22-12-14-6-2-4-8-16(14)20)26-19(25)15-7-3-5-9-17(15)21-10-11-23/h2-9,13,21,23H,10-12H2,1H3,(H,22,24)/t13-/m1/s1. The van der Waals surface area contributed by atoms with E-state index in [1.807, 2.05) is 0 Å². The summed E-state index contributed by atoms with van der Waals surface area (Å²) in [5.41, 5.74) is 1.11. The van der Waals surface area contributed by atoms with E-state index in [0.717, 1.165) is 0 Å². The van der Waals surface area contributed by atoms with Gasteiger partial charge in [0.15, 0.2) is 6.10 Å². The first-order chi connectivity index (χ1) is 12.5. The molecular formula is C19H21FN2O4. The maximum atomic E-state index is 13.6. The third-order valence-corrected chi connectivity index (χ3v) is 3.64. The molecule has 2 aromatic carbocycles. The summed E-state index contributed by atoms with van der Waals surface area (Å²) < 4.78 is 18.7. The molecule has 0 aromatic heterocycles. The van der Waals surface area contributed by atoms with Crippen LogP contribution >= 0.6 is 0 Å². The van der Waals surface area contributed by atoms with Crippen molar-refractivity contribution in [3.05, 3.63) is 65.5 Å². The van der Waals surface area contributed by atoms with Crippen LogP contribution in [0.15, 0.2) is 48.5 Å². The van der Waals surface area contributed by atoms with Crippen LogP contribution in [0.2, 0.25) is 0 Å². The van der Waals surface area contributed by atoms with Crippen molar-refractivity contribution >= 4 is 17.6 Å². The van der Waals surface area contributed by atoms with Gasteiger partial charge in [0.25, 0.3) is 5.91 Å². The van der Waals surface area contributed by atoms with E-state index in [9.17, 15) is 14.0 Å². The van der Waals surface area contributed by atoms with Crippen molar-refractivity contribution in [1.82, 2.24) is 5.32 Å². The second-order valence-electron chi connectivity index (χ2n) is 5.55. The van der Waals surface area contributed by atoms with Gasteiger partial charge in [-0.05, 0) is 25.1 Å². The number of para-hydroxylation sites is 1. The van der Waals surface area contributed by atoms with Crippen LogP contribution in [0, 0.1) is 5.82 Å². The lowest BCUT2D eigenvalue weighted by atomic mass is 10.1. The number of carbonyl (C=O) groups is 2. The molecule has 7 heteroatoms. The molecule has 0 unspecified atom stereocenters. The fourth-order valence-corrected chi connectivity index (χ4v) is 2.25. The number of esters is 1. The Labute approximate surface area is 151 Å². The summed E-state index contributed by atoms with van der Waals surface area (Å²) >= 11 is 0. The van der Waals surface area contributed by atoms with E-state index in [-0.39, 0.29) is 25.3 Å². The number of ether oxygens (including phenoxy) is 1. The van der Waals surface area contributed by atoms with Crippen LogP contribution in [0.4, 0.5) is 10.1 Å². The van der Waals surface area contributed by atoms with Crippen molar-refractivity contribution in [2.45, 2.75) is 19.6 Å². The molecule has 0 saturated heterocycles. The fraction of sp³-hybridized carbons (Fsp3) is 0.263. The monoisotopic (exact) mass is 360 g/mol. The lowest BCUT2D eigenvalue weighted by Crippen LogP contribution is -2.35. The van der Waals surface area contributed by atoms with E-state index in [1.54, 1.807) is 42.5 Å². The second kappa shape index (κ2) is 9.53. The van der Waals surface area contributed by atoms with Gasteiger partial charge in [0.1, 0.15) is 5.82 Å². The Bertz CT molecular complexity index is 767. The number of amides is 1. The van der Waals surface area contributed by atoms with E-state index < -0.39 is 23.8 Å². The summed E-state index contributed by atoms with van der Waals surface area (Å²) in [7, 11) is 0. The SMILES string of the molecule is C[C@@H](OC(=O)c1ccccc1NCCO)C(=O)NCc1ccccc1F. The van der Waals surface area contributed by atoms with Gasteiger partial charge < -0.3 is 20.5 Å². The van der Waals surface area contributed by atoms with Crippen LogP contribution in [0.3, 0.4) is 0 Å². The van der Waals surface area contributed by atoms with Crippen LogP contribution in [0.25, 0.3) is 0 Å². The molecule has 0 saturated carbocycles. The molecule has 0 heterocycles. The van der Waals surface area contributed by atoms with Crippen molar-refractivity contribution < 1.29 is 23.8 Å². The average Bonchev–Trinajstić information content (AvgIpc) is 2.65. The predicted octanol–water partition coefficient (Wildman–Crippen LogP) is 2.09. The molecule has 0 bridgehead atoms. The van der Waals surface area contributed by atoms with Crippen LogP contribution in [0.5, 0.6) is 0 Å². The van der Waals surface area contributed by atoms with Crippen LogP contribution in [0.1, 0.15) is 22.8 Å². The highest BCUT2D eigenvalue weighted by atomic mass is 19.1. The van der Waals surface area contributed by atoms with Gasteiger partial charge in [-0.3, -0.25) is 4.79 Å². The first kappa shape index (κ1) is 19.4. The van der Waals surface area contributed by atoms with Gasteiger partial charge in [-0.2, -0.15) is 0 Å². The molecule has 0 fully saturated rings. The minimum atomic E-state index is -1.04. The number of hydrogen-bond donors (Lipinski definition) is 3. The topological polar surface area (TPSA) is 87.7 Å². The lowest BCUT2D eigenvalue weighted by Gasteiger charge is -2.15. The number of aliphatic hydroxyl groups excluding tert-OH is 1.